The van der Waals surface area contributed by atoms with Gasteiger partial charge in [-0.15, -0.1) is 0 Å². The molecular weight excluding hydrogens is 434 g/mol. The zero-order valence-electron chi connectivity index (χ0n) is 12.1. The minimum Gasteiger partial charge on any atom is -0.0936 e. The predicted octanol–water partition coefficient (Wildman–Crippen LogP) is 3.40. The van der Waals surface area contributed by atoms with Crippen LogP contribution in [0.1, 0.15) is 16.7 Å². The van der Waals surface area contributed by atoms with Crippen LogP contribution in [0.25, 0.3) is 0 Å². The molecule has 0 aliphatic carbocycles. The predicted molar refractivity (Wildman–Crippen MR) is 75.9 cm³/mol. The van der Waals surface area contributed by atoms with Crippen LogP contribution < -0.4 is 21.2 Å². The van der Waals surface area contributed by atoms with E-state index in [1.54, 1.807) is 0 Å². The van der Waals surface area contributed by atoms with E-state index in [0.717, 1.165) is 26.3 Å². The summed E-state index contributed by atoms with van der Waals surface area (Å²) in [5, 5.41) is 0. The summed E-state index contributed by atoms with van der Waals surface area (Å²) < 4.78 is 65.8. The Balaban J connectivity index is 2.46. The van der Waals surface area contributed by atoms with E-state index < -0.39 is 36.3 Å². The van der Waals surface area contributed by atoms with Gasteiger partial charge in [0.1, 0.15) is 4.90 Å². The molecular formula is C15H15F5IS+. The van der Waals surface area contributed by atoms with Crippen molar-refractivity contribution in [2.45, 2.75) is 25.7 Å². The van der Waals surface area contributed by atoms with Crippen molar-refractivity contribution < 1.29 is 40.6 Å². The Bertz CT molecular complexity index is 714. The SMILES string of the molecule is Cc1cc(C)c([I+]c2cccc(S(F)(F)(F)(F)F)c2)c(C)c1. The topological polar surface area (TPSA) is 0 Å². The molecule has 0 amide bonds. The minimum atomic E-state index is -9.61. The van der Waals surface area contributed by atoms with Crippen molar-refractivity contribution in [3.8, 4) is 0 Å². The van der Waals surface area contributed by atoms with E-state index >= 15 is 0 Å². The number of rotatable bonds is 3. The Morgan fingerprint density at radius 1 is 0.818 bits per heavy atom. The molecule has 2 aromatic carbocycles. The fraction of sp³-hybridized carbons (Fsp3) is 0.200. The maximum atomic E-state index is 12.9. The summed E-state index contributed by atoms with van der Waals surface area (Å²) in [6.07, 6.45) is 0. The third kappa shape index (κ3) is 4.13. The van der Waals surface area contributed by atoms with Crippen molar-refractivity contribution in [2.24, 2.45) is 0 Å². The van der Waals surface area contributed by atoms with E-state index in [9.17, 15) is 19.4 Å². The van der Waals surface area contributed by atoms with Gasteiger partial charge in [0.25, 0.3) is 0 Å². The Kier molecular flexibility index (Phi) is 3.85. The van der Waals surface area contributed by atoms with Gasteiger partial charge in [-0.25, -0.2) is 0 Å². The van der Waals surface area contributed by atoms with Crippen molar-refractivity contribution in [1.82, 2.24) is 0 Å². The largest absolute Gasteiger partial charge is 0.358 e. The van der Waals surface area contributed by atoms with Gasteiger partial charge in [0.05, 0.1) is 0 Å². The van der Waals surface area contributed by atoms with Crippen LogP contribution in [0.4, 0.5) is 19.4 Å². The lowest BCUT2D eigenvalue weighted by Gasteiger charge is -2.40. The molecule has 0 saturated carbocycles. The van der Waals surface area contributed by atoms with Crippen LogP contribution in [0.2, 0.25) is 0 Å². The molecule has 0 aliphatic heterocycles. The lowest BCUT2D eigenvalue weighted by Crippen LogP contribution is -3.62. The molecule has 0 fully saturated rings. The monoisotopic (exact) mass is 449 g/mol. The van der Waals surface area contributed by atoms with Crippen molar-refractivity contribution in [1.29, 1.82) is 0 Å². The molecule has 0 heterocycles. The zero-order valence-corrected chi connectivity index (χ0v) is 15.1. The number of hydrogen-bond acceptors (Lipinski definition) is 0. The number of hydrogen-bond donors (Lipinski definition) is 0. The van der Waals surface area contributed by atoms with E-state index in [-0.39, 0.29) is 0 Å². The summed E-state index contributed by atoms with van der Waals surface area (Å²) in [5.74, 6) is 0. The minimum absolute atomic E-state index is 0.333. The van der Waals surface area contributed by atoms with E-state index in [0.29, 0.717) is 15.7 Å². The van der Waals surface area contributed by atoms with Crippen LogP contribution in [0.5, 0.6) is 0 Å². The first kappa shape index (κ1) is 17.5. The number of aryl methyl sites for hydroxylation is 3. The van der Waals surface area contributed by atoms with Crippen LogP contribution >= 0.6 is 10.2 Å². The molecule has 2 rings (SSSR count). The molecule has 7 heteroatoms. The molecule has 0 bridgehead atoms. The second kappa shape index (κ2) is 4.83. The van der Waals surface area contributed by atoms with Gasteiger partial charge in [-0.3, -0.25) is 0 Å². The highest BCUT2D eigenvalue weighted by molar-refractivity contribution is 8.45. The van der Waals surface area contributed by atoms with Crippen molar-refractivity contribution >= 4 is 10.2 Å². The first-order valence-corrected chi connectivity index (χ1v) is 10.4. The van der Waals surface area contributed by atoms with Crippen LogP contribution in [0.3, 0.4) is 0 Å². The Morgan fingerprint density at radius 2 is 1.36 bits per heavy atom. The molecule has 122 valence electrons. The van der Waals surface area contributed by atoms with Gasteiger partial charge in [-0.1, -0.05) is 43.2 Å². The maximum absolute atomic E-state index is 12.9. The van der Waals surface area contributed by atoms with Gasteiger partial charge in [-0.2, -0.15) is 0 Å². The quantitative estimate of drug-likeness (QED) is 0.498. The smallest absolute Gasteiger partial charge is 0.0936 e. The normalized spacial score (nSPS) is 15.3. The summed E-state index contributed by atoms with van der Waals surface area (Å²) in [6, 6.07) is 7.50. The average molecular weight is 449 g/mol. The standard InChI is InChI=1S/C15H15F5IS/c1-10-7-11(2)15(12(3)8-10)21-13-5-4-6-14(9-13)22(16,17,18,19)20/h4-9H,1-3H3/q+1. The molecule has 2 aromatic rings. The van der Waals surface area contributed by atoms with Crippen LogP contribution in [0, 0.1) is 27.9 Å². The molecule has 0 atom stereocenters. The first-order chi connectivity index (χ1) is 9.76. The van der Waals surface area contributed by atoms with E-state index in [1.807, 2.05) is 32.9 Å². The van der Waals surface area contributed by atoms with Gasteiger partial charge in [0.2, 0.25) is 0 Å². The Labute approximate surface area is 136 Å². The Morgan fingerprint density at radius 3 is 1.86 bits per heavy atom. The molecule has 22 heavy (non-hydrogen) atoms. The summed E-state index contributed by atoms with van der Waals surface area (Å²) in [5.41, 5.74) is 3.05. The van der Waals surface area contributed by atoms with Gasteiger partial charge < -0.3 is 0 Å². The van der Waals surface area contributed by atoms with Gasteiger partial charge in [-0.05, 0) is 32.9 Å². The van der Waals surface area contributed by atoms with Gasteiger partial charge in [0, 0.05) is 17.2 Å². The third-order valence-electron chi connectivity index (χ3n) is 3.03. The fourth-order valence-corrected chi connectivity index (χ4v) is 5.75. The molecule has 0 unspecified atom stereocenters. The van der Waals surface area contributed by atoms with Crippen molar-refractivity contribution in [3.05, 3.63) is 60.2 Å². The van der Waals surface area contributed by atoms with E-state index in [2.05, 4.69) is 0 Å². The van der Waals surface area contributed by atoms with E-state index in [1.165, 1.54) is 6.07 Å². The van der Waals surface area contributed by atoms with Crippen molar-refractivity contribution in [3.63, 3.8) is 0 Å². The van der Waals surface area contributed by atoms with Crippen LogP contribution in [0.15, 0.2) is 41.3 Å². The summed E-state index contributed by atoms with van der Waals surface area (Å²) >= 11 is -0.953. The molecule has 0 N–H and O–H groups in total. The lowest BCUT2D eigenvalue weighted by molar-refractivity contribution is -0.599. The van der Waals surface area contributed by atoms with Crippen LogP contribution in [-0.4, -0.2) is 0 Å². The molecule has 0 aliphatic rings. The average Bonchev–Trinajstić information content (AvgIpc) is 2.31. The highest BCUT2D eigenvalue weighted by atomic mass is 127. The maximum Gasteiger partial charge on any atom is 0.358 e. The number of halogens is 6. The highest BCUT2D eigenvalue weighted by Gasteiger charge is 2.65. The van der Waals surface area contributed by atoms with Crippen LogP contribution in [-0.2, 0) is 0 Å². The summed E-state index contributed by atoms with van der Waals surface area (Å²) in [6.45, 7) is 5.73. The summed E-state index contributed by atoms with van der Waals surface area (Å²) in [4.78, 5) is -1.81. The van der Waals surface area contributed by atoms with Gasteiger partial charge >= 0.3 is 31.4 Å². The first-order valence-electron chi connectivity index (χ1n) is 6.33. The number of benzene rings is 2. The van der Waals surface area contributed by atoms with Crippen molar-refractivity contribution in [2.75, 3.05) is 0 Å². The fourth-order valence-electron chi connectivity index (χ4n) is 2.19. The Hall–Kier alpha value is -0.830. The second-order valence-corrected chi connectivity index (χ2v) is 10.5. The highest BCUT2D eigenvalue weighted by Crippen LogP contribution is 3.02. The third-order valence-corrected chi connectivity index (χ3v) is 7.71. The second-order valence-electron chi connectivity index (χ2n) is 5.23. The molecule has 0 spiro atoms. The molecule has 0 saturated heterocycles. The zero-order chi connectivity index (χ0) is 16.8. The molecule has 0 nitrogen and oxygen atoms in total. The molecule has 0 radical (unpaired) electrons. The summed E-state index contributed by atoms with van der Waals surface area (Å²) in [7, 11) is -9.61. The lowest BCUT2D eigenvalue weighted by atomic mass is 10.1. The molecule has 0 aromatic heterocycles. The van der Waals surface area contributed by atoms with E-state index in [4.69, 9.17) is 0 Å². The van der Waals surface area contributed by atoms with Gasteiger partial charge in [0.15, 0.2) is 7.14 Å².